The van der Waals surface area contributed by atoms with Gasteiger partial charge in [0.25, 0.3) is 0 Å². The third-order valence-electron chi connectivity index (χ3n) is 2.82. The van der Waals surface area contributed by atoms with Crippen LogP contribution in [0.2, 0.25) is 0 Å². The first-order valence-electron chi connectivity index (χ1n) is 6.34. The van der Waals surface area contributed by atoms with Gasteiger partial charge in [-0.3, -0.25) is 0 Å². The zero-order valence-electron chi connectivity index (χ0n) is 11.4. The third-order valence-corrected chi connectivity index (χ3v) is 3.87. The van der Waals surface area contributed by atoms with Crippen molar-refractivity contribution in [3.8, 4) is 0 Å². The van der Waals surface area contributed by atoms with Gasteiger partial charge in [-0.25, -0.2) is 0 Å². The average molecular weight is 277 g/mol. The molecule has 0 N–H and O–H groups in total. The molecule has 2 rings (SSSR count). The zero-order valence-corrected chi connectivity index (χ0v) is 12.2. The second kappa shape index (κ2) is 7.31. The molecule has 0 aliphatic carbocycles. The van der Waals surface area contributed by atoms with Crippen molar-refractivity contribution in [2.24, 2.45) is 0 Å². The lowest BCUT2D eigenvalue weighted by molar-refractivity contribution is 0.189. The first-order chi connectivity index (χ1) is 9.29. The molecule has 1 aromatic carbocycles. The van der Waals surface area contributed by atoms with Gasteiger partial charge in [-0.15, -0.1) is 10.2 Å². The number of ether oxygens (including phenoxy) is 1. The first kappa shape index (κ1) is 14.1. The number of thioether (sulfide) groups is 1. The van der Waals surface area contributed by atoms with E-state index in [1.165, 1.54) is 11.1 Å². The lowest BCUT2D eigenvalue weighted by Crippen LogP contribution is -2.02. The highest BCUT2D eigenvalue weighted by Gasteiger charge is 2.05. The molecule has 102 valence electrons. The molecule has 19 heavy (non-hydrogen) atoms. The van der Waals surface area contributed by atoms with E-state index in [1.807, 2.05) is 0 Å². The molecular formula is C14H19N3OS. The number of rotatable bonds is 7. The molecule has 0 atom stereocenters. The van der Waals surface area contributed by atoms with E-state index in [2.05, 4.69) is 46.0 Å². The molecule has 0 radical (unpaired) electrons. The summed E-state index contributed by atoms with van der Waals surface area (Å²) in [6.07, 6.45) is 2.76. The van der Waals surface area contributed by atoms with E-state index in [-0.39, 0.29) is 0 Å². The normalized spacial score (nSPS) is 10.8. The van der Waals surface area contributed by atoms with Crippen LogP contribution in [0.5, 0.6) is 0 Å². The Morgan fingerprint density at radius 2 is 2.05 bits per heavy atom. The van der Waals surface area contributed by atoms with Crippen molar-refractivity contribution >= 4 is 11.8 Å². The molecule has 0 aliphatic rings. The van der Waals surface area contributed by atoms with Crippen LogP contribution < -0.4 is 0 Å². The van der Waals surface area contributed by atoms with Gasteiger partial charge in [0.2, 0.25) is 0 Å². The number of benzene rings is 1. The zero-order chi connectivity index (χ0) is 13.5. The van der Waals surface area contributed by atoms with E-state index in [0.29, 0.717) is 0 Å². The van der Waals surface area contributed by atoms with Crippen molar-refractivity contribution < 1.29 is 4.74 Å². The number of hydrogen-bond donors (Lipinski definition) is 0. The molecule has 0 bridgehead atoms. The molecule has 0 amide bonds. The number of aromatic nitrogens is 3. The summed E-state index contributed by atoms with van der Waals surface area (Å²) in [6.45, 7) is 3.76. The SMILES string of the molecule is COCCCn1cnnc1SCc1ccc(C)cc1. The summed E-state index contributed by atoms with van der Waals surface area (Å²) in [6, 6.07) is 8.60. The number of nitrogens with zero attached hydrogens (tertiary/aromatic N) is 3. The van der Waals surface area contributed by atoms with Crippen LogP contribution in [-0.4, -0.2) is 28.5 Å². The fourth-order valence-corrected chi connectivity index (χ4v) is 2.62. The largest absolute Gasteiger partial charge is 0.385 e. The maximum absolute atomic E-state index is 5.06. The van der Waals surface area contributed by atoms with Gasteiger partial charge in [-0.05, 0) is 18.9 Å². The van der Waals surface area contributed by atoms with Crippen molar-refractivity contribution in [3.05, 3.63) is 41.7 Å². The van der Waals surface area contributed by atoms with Crippen molar-refractivity contribution in [3.63, 3.8) is 0 Å². The summed E-state index contributed by atoms with van der Waals surface area (Å²) in [5.41, 5.74) is 2.60. The Balaban J connectivity index is 1.88. The van der Waals surface area contributed by atoms with E-state index < -0.39 is 0 Å². The summed E-state index contributed by atoms with van der Waals surface area (Å²) in [4.78, 5) is 0. The van der Waals surface area contributed by atoms with Crippen molar-refractivity contribution in [1.29, 1.82) is 0 Å². The molecule has 0 unspecified atom stereocenters. The number of hydrogen-bond acceptors (Lipinski definition) is 4. The van der Waals surface area contributed by atoms with Crippen LogP contribution in [-0.2, 0) is 17.0 Å². The summed E-state index contributed by atoms with van der Waals surface area (Å²) < 4.78 is 7.14. The molecule has 2 aromatic rings. The lowest BCUT2D eigenvalue weighted by atomic mass is 10.2. The highest BCUT2D eigenvalue weighted by molar-refractivity contribution is 7.98. The van der Waals surface area contributed by atoms with Gasteiger partial charge < -0.3 is 9.30 Å². The Morgan fingerprint density at radius 1 is 1.26 bits per heavy atom. The Labute approximate surface area is 118 Å². The number of methoxy groups -OCH3 is 1. The second-order valence-electron chi connectivity index (χ2n) is 4.43. The van der Waals surface area contributed by atoms with Crippen LogP contribution in [0.3, 0.4) is 0 Å². The monoisotopic (exact) mass is 277 g/mol. The molecule has 1 aromatic heterocycles. The van der Waals surface area contributed by atoms with Gasteiger partial charge in [0.15, 0.2) is 5.16 Å². The molecule has 1 heterocycles. The van der Waals surface area contributed by atoms with Crippen molar-refractivity contribution in [1.82, 2.24) is 14.8 Å². The van der Waals surface area contributed by atoms with Crippen LogP contribution in [0.4, 0.5) is 0 Å². The Morgan fingerprint density at radius 3 is 2.79 bits per heavy atom. The fraction of sp³-hybridized carbons (Fsp3) is 0.429. The summed E-state index contributed by atoms with van der Waals surface area (Å²) >= 11 is 1.72. The predicted molar refractivity (Wildman–Crippen MR) is 77.3 cm³/mol. The quantitative estimate of drug-likeness (QED) is 0.576. The van der Waals surface area contributed by atoms with Crippen LogP contribution in [0.15, 0.2) is 35.7 Å². The molecule has 0 saturated heterocycles. The minimum absolute atomic E-state index is 0.764. The topological polar surface area (TPSA) is 39.9 Å². The smallest absolute Gasteiger partial charge is 0.191 e. The molecule has 0 spiro atoms. The highest BCUT2D eigenvalue weighted by atomic mass is 32.2. The van der Waals surface area contributed by atoms with E-state index in [1.54, 1.807) is 25.2 Å². The lowest BCUT2D eigenvalue weighted by Gasteiger charge is -2.06. The van der Waals surface area contributed by atoms with E-state index in [4.69, 9.17) is 4.74 Å². The minimum atomic E-state index is 0.764. The van der Waals surface area contributed by atoms with E-state index in [9.17, 15) is 0 Å². The summed E-state index contributed by atoms with van der Waals surface area (Å²) in [5.74, 6) is 0.920. The summed E-state index contributed by atoms with van der Waals surface area (Å²) in [7, 11) is 1.72. The summed E-state index contributed by atoms with van der Waals surface area (Å²) in [5, 5.41) is 9.11. The van der Waals surface area contributed by atoms with Gasteiger partial charge >= 0.3 is 0 Å². The third kappa shape index (κ3) is 4.36. The predicted octanol–water partition coefficient (Wildman–Crippen LogP) is 2.92. The van der Waals surface area contributed by atoms with Gasteiger partial charge in [0.1, 0.15) is 6.33 Å². The van der Waals surface area contributed by atoms with Crippen molar-refractivity contribution in [2.75, 3.05) is 13.7 Å². The average Bonchev–Trinajstić information content (AvgIpc) is 2.86. The van der Waals surface area contributed by atoms with Crippen LogP contribution in [0.1, 0.15) is 17.5 Å². The Bertz CT molecular complexity index is 496. The molecule has 0 aliphatic heterocycles. The van der Waals surface area contributed by atoms with Gasteiger partial charge in [0.05, 0.1) is 0 Å². The second-order valence-corrected chi connectivity index (χ2v) is 5.37. The first-order valence-corrected chi connectivity index (χ1v) is 7.33. The van der Waals surface area contributed by atoms with Gasteiger partial charge in [-0.1, -0.05) is 41.6 Å². The van der Waals surface area contributed by atoms with E-state index in [0.717, 1.165) is 30.5 Å². The maximum Gasteiger partial charge on any atom is 0.191 e. The van der Waals surface area contributed by atoms with Crippen LogP contribution >= 0.6 is 11.8 Å². The maximum atomic E-state index is 5.06. The molecule has 0 fully saturated rings. The van der Waals surface area contributed by atoms with E-state index >= 15 is 0 Å². The van der Waals surface area contributed by atoms with Crippen LogP contribution in [0.25, 0.3) is 0 Å². The Hall–Kier alpha value is -1.33. The molecule has 4 nitrogen and oxygen atoms in total. The standard InChI is InChI=1S/C14H19N3OS/c1-12-4-6-13(7-5-12)10-19-14-16-15-11-17(14)8-3-9-18-2/h4-7,11H,3,8-10H2,1-2H3. The minimum Gasteiger partial charge on any atom is -0.385 e. The van der Waals surface area contributed by atoms with Gasteiger partial charge in [0, 0.05) is 26.0 Å². The molecule has 5 heteroatoms. The van der Waals surface area contributed by atoms with Gasteiger partial charge in [-0.2, -0.15) is 0 Å². The fourth-order valence-electron chi connectivity index (χ4n) is 1.72. The molecule has 0 saturated carbocycles. The highest BCUT2D eigenvalue weighted by Crippen LogP contribution is 2.20. The molecular weight excluding hydrogens is 258 g/mol. The Kier molecular flexibility index (Phi) is 5.42. The number of aryl methyl sites for hydroxylation is 2. The van der Waals surface area contributed by atoms with Crippen LogP contribution in [0, 0.1) is 6.92 Å². The van der Waals surface area contributed by atoms with Crippen molar-refractivity contribution in [2.45, 2.75) is 30.8 Å².